The average Bonchev–Trinajstić information content (AvgIpc) is 2.40. The monoisotopic (exact) mass is 295 g/mol. The molecule has 0 aromatic heterocycles. The molecule has 0 saturated heterocycles. The van der Waals surface area contributed by atoms with Crippen molar-refractivity contribution in [3.05, 3.63) is 53.6 Å². The number of alkyl halides is 3. The van der Waals surface area contributed by atoms with E-state index in [4.69, 9.17) is 4.74 Å². The lowest BCUT2D eigenvalue weighted by atomic mass is 10.2. The molecule has 2 nitrogen and oxygen atoms in total. The van der Waals surface area contributed by atoms with Crippen LogP contribution in [0.15, 0.2) is 42.5 Å². The second-order valence-electron chi connectivity index (χ2n) is 4.97. The number of hydrogen-bond donors (Lipinski definition) is 0. The van der Waals surface area contributed by atoms with Gasteiger partial charge in [0.2, 0.25) is 0 Å². The van der Waals surface area contributed by atoms with Gasteiger partial charge >= 0.3 is 6.18 Å². The van der Waals surface area contributed by atoms with Crippen molar-refractivity contribution in [3.8, 4) is 11.5 Å². The number of hydrogen-bond acceptors (Lipinski definition) is 2. The fourth-order valence-corrected chi connectivity index (χ4v) is 1.87. The zero-order chi connectivity index (χ0) is 15.6. The zero-order valence-corrected chi connectivity index (χ0v) is 12.0. The molecule has 0 aliphatic carbocycles. The van der Waals surface area contributed by atoms with Crippen LogP contribution in [0.3, 0.4) is 0 Å². The Labute approximate surface area is 121 Å². The molecule has 5 heteroatoms. The van der Waals surface area contributed by atoms with E-state index in [9.17, 15) is 13.2 Å². The Morgan fingerprint density at radius 1 is 0.952 bits per heavy atom. The Balaban J connectivity index is 2.19. The van der Waals surface area contributed by atoms with E-state index in [-0.39, 0.29) is 0 Å². The normalized spacial score (nSPS) is 11.3. The van der Waals surface area contributed by atoms with Crippen LogP contribution in [0.4, 0.5) is 18.9 Å². The summed E-state index contributed by atoms with van der Waals surface area (Å²) in [6, 6.07) is 10.3. The maximum Gasteiger partial charge on any atom is 0.416 e. The molecular weight excluding hydrogens is 279 g/mol. The third-order valence-corrected chi connectivity index (χ3v) is 3.08. The lowest BCUT2D eigenvalue weighted by molar-refractivity contribution is -0.137. The Hall–Kier alpha value is -2.17. The Kier molecular flexibility index (Phi) is 4.11. The first kappa shape index (κ1) is 15.2. The van der Waals surface area contributed by atoms with Crippen LogP contribution in [0.5, 0.6) is 11.5 Å². The highest BCUT2D eigenvalue weighted by molar-refractivity contribution is 5.52. The Morgan fingerprint density at radius 3 is 2.05 bits per heavy atom. The van der Waals surface area contributed by atoms with E-state index < -0.39 is 11.7 Å². The van der Waals surface area contributed by atoms with Gasteiger partial charge in [-0.15, -0.1) is 0 Å². The Bertz CT molecular complexity index is 618. The van der Waals surface area contributed by atoms with Crippen LogP contribution in [0, 0.1) is 6.92 Å². The third kappa shape index (κ3) is 3.68. The van der Waals surface area contributed by atoms with Crippen LogP contribution in [0.2, 0.25) is 0 Å². The van der Waals surface area contributed by atoms with Crippen LogP contribution in [-0.4, -0.2) is 14.1 Å². The predicted molar refractivity (Wildman–Crippen MR) is 77.0 cm³/mol. The summed E-state index contributed by atoms with van der Waals surface area (Å²) < 4.78 is 43.1. The molecule has 112 valence electrons. The molecule has 0 fully saturated rings. The molecule has 0 atom stereocenters. The van der Waals surface area contributed by atoms with Crippen LogP contribution < -0.4 is 9.64 Å². The van der Waals surface area contributed by atoms with Crippen molar-refractivity contribution in [2.75, 3.05) is 19.0 Å². The summed E-state index contributed by atoms with van der Waals surface area (Å²) in [5.74, 6) is 1.00. The number of halogens is 3. The standard InChI is InChI=1S/C16H16F3NO/c1-11-10-13(20(2)3)6-9-15(11)21-14-7-4-12(5-8-14)16(17,18)19/h4-10H,1-3H3. The molecule has 0 aliphatic heterocycles. The highest BCUT2D eigenvalue weighted by atomic mass is 19.4. The van der Waals surface area contributed by atoms with Crippen LogP contribution >= 0.6 is 0 Å². The maximum atomic E-state index is 12.5. The number of benzene rings is 2. The summed E-state index contributed by atoms with van der Waals surface area (Å²) in [5.41, 5.74) is 1.27. The minimum absolute atomic E-state index is 0.378. The average molecular weight is 295 g/mol. The van der Waals surface area contributed by atoms with E-state index in [1.807, 2.05) is 44.1 Å². The number of rotatable bonds is 3. The Morgan fingerprint density at radius 2 is 1.57 bits per heavy atom. The predicted octanol–water partition coefficient (Wildman–Crippen LogP) is 4.87. The molecule has 0 saturated carbocycles. The van der Waals surface area contributed by atoms with E-state index in [0.717, 1.165) is 23.4 Å². The van der Waals surface area contributed by atoms with Gasteiger partial charge in [-0.1, -0.05) is 0 Å². The molecule has 2 aromatic carbocycles. The lowest BCUT2D eigenvalue weighted by Crippen LogP contribution is -2.08. The van der Waals surface area contributed by atoms with Gasteiger partial charge in [-0.2, -0.15) is 13.2 Å². The summed E-state index contributed by atoms with van der Waals surface area (Å²) >= 11 is 0. The van der Waals surface area contributed by atoms with E-state index >= 15 is 0 Å². The smallest absolute Gasteiger partial charge is 0.416 e. The fourth-order valence-electron chi connectivity index (χ4n) is 1.87. The van der Waals surface area contributed by atoms with E-state index in [1.165, 1.54) is 12.1 Å². The van der Waals surface area contributed by atoms with Gasteiger partial charge < -0.3 is 9.64 Å². The quantitative estimate of drug-likeness (QED) is 0.800. The molecule has 0 N–H and O–H groups in total. The number of ether oxygens (including phenoxy) is 1. The first-order chi connectivity index (χ1) is 9.77. The molecule has 0 unspecified atom stereocenters. The third-order valence-electron chi connectivity index (χ3n) is 3.08. The lowest BCUT2D eigenvalue weighted by Gasteiger charge is -2.15. The van der Waals surface area contributed by atoms with Crippen molar-refractivity contribution in [1.29, 1.82) is 0 Å². The minimum Gasteiger partial charge on any atom is -0.457 e. The van der Waals surface area contributed by atoms with Gasteiger partial charge in [-0.3, -0.25) is 0 Å². The fraction of sp³-hybridized carbons (Fsp3) is 0.250. The summed E-state index contributed by atoms with van der Waals surface area (Å²) in [5, 5.41) is 0. The highest BCUT2D eigenvalue weighted by Gasteiger charge is 2.30. The molecule has 21 heavy (non-hydrogen) atoms. The second-order valence-corrected chi connectivity index (χ2v) is 4.97. The van der Waals surface area contributed by atoms with Gasteiger partial charge in [0.15, 0.2) is 0 Å². The van der Waals surface area contributed by atoms with Crippen LogP contribution in [0.25, 0.3) is 0 Å². The van der Waals surface area contributed by atoms with Crippen molar-refractivity contribution >= 4 is 5.69 Å². The number of anilines is 1. The molecular formula is C16H16F3NO. The van der Waals surface area contributed by atoms with Gasteiger partial charge in [0, 0.05) is 19.8 Å². The van der Waals surface area contributed by atoms with Crippen LogP contribution in [-0.2, 0) is 6.18 Å². The molecule has 0 radical (unpaired) electrons. The van der Waals surface area contributed by atoms with Gasteiger partial charge in [-0.05, 0) is 55.0 Å². The van der Waals surface area contributed by atoms with Crippen molar-refractivity contribution in [3.63, 3.8) is 0 Å². The first-order valence-electron chi connectivity index (χ1n) is 6.40. The van der Waals surface area contributed by atoms with Crippen molar-refractivity contribution in [1.82, 2.24) is 0 Å². The van der Waals surface area contributed by atoms with Crippen molar-refractivity contribution < 1.29 is 17.9 Å². The summed E-state index contributed by atoms with van der Waals surface area (Å²) in [6.45, 7) is 1.90. The molecule has 0 aliphatic rings. The summed E-state index contributed by atoms with van der Waals surface area (Å²) in [4.78, 5) is 1.97. The molecule has 0 heterocycles. The SMILES string of the molecule is Cc1cc(N(C)C)ccc1Oc1ccc(C(F)(F)F)cc1. The maximum absolute atomic E-state index is 12.5. The molecule has 0 bridgehead atoms. The molecule has 0 amide bonds. The van der Waals surface area contributed by atoms with Gasteiger partial charge in [-0.25, -0.2) is 0 Å². The topological polar surface area (TPSA) is 12.5 Å². The minimum atomic E-state index is -4.33. The molecule has 2 aromatic rings. The first-order valence-corrected chi connectivity index (χ1v) is 6.40. The number of nitrogens with zero attached hydrogens (tertiary/aromatic N) is 1. The highest BCUT2D eigenvalue weighted by Crippen LogP contribution is 2.32. The number of aryl methyl sites for hydroxylation is 1. The summed E-state index contributed by atoms with van der Waals surface area (Å²) in [6.07, 6.45) is -4.33. The van der Waals surface area contributed by atoms with Gasteiger partial charge in [0.1, 0.15) is 11.5 Å². The largest absolute Gasteiger partial charge is 0.457 e. The van der Waals surface area contributed by atoms with Gasteiger partial charge in [0.25, 0.3) is 0 Å². The second kappa shape index (κ2) is 5.68. The zero-order valence-electron chi connectivity index (χ0n) is 12.0. The molecule has 2 rings (SSSR count). The van der Waals surface area contributed by atoms with Crippen LogP contribution in [0.1, 0.15) is 11.1 Å². The molecule has 0 spiro atoms. The van der Waals surface area contributed by atoms with E-state index in [0.29, 0.717) is 11.5 Å². The van der Waals surface area contributed by atoms with Crippen molar-refractivity contribution in [2.24, 2.45) is 0 Å². The van der Waals surface area contributed by atoms with E-state index in [1.54, 1.807) is 0 Å². The van der Waals surface area contributed by atoms with Crippen molar-refractivity contribution in [2.45, 2.75) is 13.1 Å². The van der Waals surface area contributed by atoms with Gasteiger partial charge in [0.05, 0.1) is 5.56 Å². The summed E-state index contributed by atoms with van der Waals surface area (Å²) in [7, 11) is 3.87. The van der Waals surface area contributed by atoms with E-state index in [2.05, 4.69) is 0 Å².